The third-order valence-corrected chi connectivity index (χ3v) is 2.77. The molecule has 0 aliphatic carbocycles. The molecule has 0 aromatic heterocycles. The predicted octanol–water partition coefficient (Wildman–Crippen LogP) is 1.61. The summed E-state index contributed by atoms with van der Waals surface area (Å²) in [6, 6.07) is 10.2. The van der Waals surface area contributed by atoms with Crippen LogP contribution in [-0.4, -0.2) is 56.1 Å². The molecule has 0 radical (unpaired) electrons. The minimum atomic E-state index is -0.155. The smallest absolute Gasteiger partial charge is 0.320 e. The zero-order valence-electron chi connectivity index (χ0n) is 12.1. The summed E-state index contributed by atoms with van der Waals surface area (Å²) in [4.78, 5) is 15.8. The van der Waals surface area contributed by atoms with Crippen LogP contribution in [0.5, 0.6) is 0 Å². The fourth-order valence-electron chi connectivity index (χ4n) is 1.79. The van der Waals surface area contributed by atoms with Crippen molar-refractivity contribution in [1.82, 2.24) is 9.80 Å². The van der Waals surface area contributed by atoms with Gasteiger partial charge in [-0.05, 0) is 26.6 Å². The van der Waals surface area contributed by atoms with E-state index in [1.165, 1.54) is 5.56 Å². The van der Waals surface area contributed by atoms with E-state index in [2.05, 4.69) is 21.9 Å². The maximum atomic E-state index is 11.6. The fourth-order valence-corrected chi connectivity index (χ4v) is 1.79. The highest BCUT2D eigenvalue weighted by molar-refractivity contribution is 5.71. The van der Waals surface area contributed by atoms with Gasteiger partial charge in [-0.25, -0.2) is 0 Å². The fraction of sp³-hybridized carbons (Fsp3) is 0.533. The largest absolute Gasteiger partial charge is 0.465 e. The monoisotopic (exact) mass is 264 g/mol. The Hall–Kier alpha value is -1.39. The molecule has 19 heavy (non-hydrogen) atoms. The van der Waals surface area contributed by atoms with Crippen LogP contribution in [0.25, 0.3) is 0 Å². The second-order valence-electron chi connectivity index (χ2n) is 4.80. The van der Waals surface area contributed by atoms with Crippen LogP contribution in [-0.2, 0) is 16.1 Å². The second-order valence-corrected chi connectivity index (χ2v) is 4.80. The SMILES string of the molecule is CCOC(=O)CN(CCN(C)C)Cc1ccccc1. The average molecular weight is 264 g/mol. The Labute approximate surface area is 116 Å². The van der Waals surface area contributed by atoms with E-state index < -0.39 is 0 Å². The number of hydrogen-bond donors (Lipinski definition) is 0. The first-order valence-corrected chi connectivity index (χ1v) is 6.68. The number of benzene rings is 1. The van der Waals surface area contributed by atoms with Crippen molar-refractivity contribution in [3.05, 3.63) is 35.9 Å². The first-order valence-electron chi connectivity index (χ1n) is 6.68. The maximum absolute atomic E-state index is 11.6. The van der Waals surface area contributed by atoms with Gasteiger partial charge in [0.15, 0.2) is 0 Å². The van der Waals surface area contributed by atoms with Gasteiger partial charge in [0.2, 0.25) is 0 Å². The van der Waals surface area contributed by atoms with Gasteiger partial charge >= 0.3 is 5.97 Å². The average Bonchev–Trinajstić information content (AvgIpc) is 2.37. The number of ether oxygens (including phenoxy) is 1. The Bertz CT molecular complexity index is 366. The quantitative estimate of drug-likeness (QED) is 0.668. The zero-order chi connectivity index (χ0) is 14.1. The summed E-state index contributed by atoms with van der Waals surface area (Å²) >= 11 is 0. The van der Waals surface area contributed by atoms with Crippen molar-refractivity contribution >= 4 is 5.97 Å². The van der Waals surface area contributed by atoms with Gasteiger partial charge in [0.05, 0.1) is 13.2 Å². The first-order chi connectivity index (χ1) is 9.11. The van der Waals surface area contributed by atoms with Gasteiger partial charge in [-0.2, -0.15) is 0 Å². The van der Waals surface area contributed by atoms with Crippen molar-refractivity contribution in [1.29, 1.82) is 0 Å². The molecule has 0 saturated carbocycles. The highest BCUT2D eigenvalue weighted by atomic mass is 16.5. The Kier molecular flexibility index (Phi) is 7.15. The Morgan fingerprint density at radius 3 is 2.42 bits per heavy atom. The molecule has 1 rings (SSSR count). The van der Waals surface area contributed by atoms with E-state index in [0.29, 0.717) is 13.2 Å². The lowest BCUT2D eigenvalue weighted by atomic mass is 10.2. The number of rotatable bonds is 8. The molecule has 0 bridgehead atoms. The topological polar surface area (TPSA) is 32.8 Å². The van der Waals surface area contributed by atoms with E-state index >= 15 is 0 Å². The molecule has 0 atom stereocenters. The zero-order valence-corrected chi connectivity index (χ0v) is 12.1. The molecule has 0 heterocycles. The molecule has 0 aliphatic heterocycles. The van der Waals surface area contributed by atoms with Crippen LogP contribution in [0.1, 0.15) is 12.5 Å². The van der Waals surface area contributed by atoms with Crippen molar-refractivity contribution in [3.63, 3.8) is 0 Å². The summed E-state index contributed by atoms with van der Waals surface area (Å²) < 4.78 is 5.02. The third-order valence-electron chi connectivity index (χ3n) is 2.77. The van der Waals surface area contributed by atoms with E-state index in [4.69, 9.17) is 4.74 Å². The molecular formula is C15H24N2O2. The minimum absolute atomic E-state index is 0.155. The van der Waals surface area contributed by atoms with Gasteiger partial charge in [-0.15, -0.1) is 0 Å². The lowest BCUT2D eigenvalue weighted by Crippen LogP contribution is -2.35. The van der Waals surface area contributed by atoms with Gasteiger partial charge in [0, 0.05) is 19.6 Å². The molecular weight excluding hydrogens is 240 g/mol. The van der Waals surface area contributed by atoms with Crippen LogP contribution in [0.4, 0.5) is 0 Å². The molecule has 4 nitrogen and oxygen atoms in total. The number of carbonyl (C=O) groups excluding carboxylic acids is 1. The minimum Gasteiger partial charge on any atom is -0.465 e. The second kappa shape index (κ2) is 8.67. The molecule has 106 valence electrons. The van der Waals surface area contributed by atoms with Crippen LogP contribution < -0.4 is 0 Å². The third kappa shape index (κ3) is 6.94. The van der Waals surface area contributed by atoms with Crippen molar-refractivity contribution in [3.8, 4) is 0 Å². The van der Waals surface area contributed by atoms with E-state index in [1.807, 2.05) is 39.2 Å². The number of hydrogen-bond acceptors (Lipinski definition) is 4. The van der Waals surface area contributed by atoms with E-state index in [1.54, 1.807) is 0 Å². The molecule has 0 fully saturated rings. The molecule has 1 aromatic rings. The standard InChI is InChI=1S/C15H24N2O2/c1-4-19-15(18)13-17(11-10-16(2)3)12-14-8-6-5-7-9-14/h5-9H,4,10-13H2,1-3H3. The van der Waals surface area contributed by atoms with Crippen molar-refractivity contribution in [2.24, 2.45) is 0 Å². The predicted molar refractivity (Wildman–Crippen MR) is 76.9 cm³/mol. The van der Waals surface area contributed by atoms with Crippen LogP contribution >= 0.6 is 0 Å². The summed E-state index contributed by atoms with van der Waals surface area (Å²) in [6.07, 6.45) is 0. The summed E-state index contributed by atoms with van der Waals surface area (Å²) in [5.41, 5.74) is 1.21. The summed E-state index contributed by atoms with van der Waals surface area (Å²) in [5.74, 6) is -0.155. The Morgan fingerprint density at radius 1 is 1.16 bits per heavy atom. The highest BCUT2D eigenvalue weighted by Gasteiger charge is 2.12. The molecule has 0 saturated heterocycles. The van der Waals surface area contributed by atoms with Gasteiger partial charge in [-0.1, -0.05) is 30.3 Å². The van der Waals surface area contributed by atoms with E-state index in [-0.39, 0.29) is 5.97 Å². The van der Waals surface area contributed by atoms with Gasteiger partial charge in [0.1, 0.15) is 0 Å². The first kappa shape index (κ1) is 15.7. The Morgan fingerprint density at radius 2 is 1.84 bits per heavy atom. The van der Waals surface area contributed by atoms with Crippen molar-refractivity contribution < 1.29 is 9.53 Å². The van der Waals surface area contributed by atoms with Gasteiger partial charge in [0.25, 0.3) is 0 Å². The molecule has 0 amide bonds. The van der Waals surface area contributed by atoms with Crippen molar-refractivity contribution in [2.75, 3.05) is 40.3 Å². The Balaban J connectivity index is 2.55. The molecule has 0 aliphatic rings. The summed E-state index contributed by atoms with van der Waals surface area (Å²) in [6.45, 7) is 5.15. The highest BCUT2D eigenvalue weighted by Crippen LogP contribution is 2.04. The number of esters is 1. The number of carbonyl (C=O) groups is 1. The molecule has 0 N–H and O–H groups in total. The molecule has 4 heteroatoms. The van der Waals surface area contributed by atoms with Crippen LogP contribution in [0.15, 0.2) is 30.3 Å². The maximum Gasteiger partial charge on any atom is 0.320 e. The summed E-state index contributed by atoms with van der Waals surface area (Å²) in [7, 11) is 4.07. The lowest BCUT2D eigenvalue weighted by molar-refractivity contribution is -0.144. The van der Waals surface area contributed by atoms with E-state index in [0.717, 1.165) is 19.6 Å². The number of nitrogens with zero attached hydrogens (tertiary/aromatic N) is 2. The normalized spacial score (nSPS) is 11.0. The van der Waals surface area contributed by atoms with Crippen LogP contribution in [0.3, 0.4) is 0 Å². The summed E-state index contributed by atoms with van der Waals surface area (Å²) in [5, 5.41) is 0. The number of likely N-dealkylation sites (N-methyl/N-ethyl adjacent to an activating group) is 1. The van der Waals surface area contributed by atoms with Crippen LogP contribution in [0.2, 0.25) is 0 Å². The van der Waals surface area contributed by atoms with Gasteiger partial charge < -0.3 is 9.64 Å². The molecule has 0 spiro atoms. The lowest BCUT2D eigenvalue weighted by Gasteiger charge is -2.23. The van der Waals surface area contributed by atoms with Crippen LogP contribution in [0, 0.1) is 0 Å². The van der Waals surface area contributed by atoms with Gasteiger partial charge in [-0.3, -0.25) is 9.69 Å². The molecule has 1 aromatic carbocycles. The van der Waals surface area contributed by atoms with E-state index in [9.17, 15) is 4.79 Å². The molecule has 0 unspecified atom stereocenters. The van der Waals surface area contributed by atoms with Crippen molar-refractivity contribution in [2.45, 2.75) is 13.5 Å².